The van der Waals surface area contributed by atoms with Crippen LogP contribution in [-0.4, -0.2) is 19.7 Å². The predicted molar refractivity (Wildman–Crippen MR) is 110 cm³/mol. The van der Waals surface area contributed by atoms with E-state index in [0.29, 0.717) is 10.6 Å². The second-order valence-electron chi connectivity index (χ2n) is 7.80. The van der Waals surface area contributed by atoms with E-state index in [4.69, 9.17) is 11.6 Å². The maximum Gasteiger partial charge on any atom is 0.162 e. The van der Waals surface area contributed by atoms with Gasteiger partial charge in [-0.15, -0.1) is 10.2 Å². The van der Waals surface area contributed by atoms with Gasteiger partial charge in [-0.2, -0.15) is 0 Å². The molecule has 5 rings (SSSR count). The van der Waals surface area contributed by atoms with E-state index in [1.165, 1.54) is 0 Å². The molecule has 3 heterocycles. The van der Waals surface area contributed by atoms with Gasteiger partial charge >= 0.3 is 0 Å². The van der Waals surface area contributed by atoms with E-state index in [1.54, 1.807) is 6.07 Å². The number of anilines is 1. The van der Waals surface area contributed by atoms with Crippen LogP contribution in [0.4, 0.5) is 10.1 Å². The maximum absolute atomic E-state index is 15.4. The fourth-order valence-electron chi connectivity index (χ4n) is 4.25. The predicted octanol–water partition coefficient (Wildman–Crippen LogP) is 5.49. The van der Waals surface area contributed by atoms with Gasteiger partial charge in [0.25, 0.3) is 0 Å². The number of fused-ring (bicyclic) bond motifs is 4. The molecule has 0 aliphatic carbocycles. The fraction of sp³-hybridized carbons (Fsp3) is 0.238. The molecule has 1 aliphatic rings. The Morgan fingerprint density at radius 2 is 1.93 bits per heavy atom. The van der Waals surface area contributed by atoms with Gasteiger partial charge < -0.3 is 10.3 Å². The summed E-state index contributed by atoms with van der Waals surface area (Å²) in [6.07, 6.45) is 1.84. The molecule has 0 saturated heterocycles. The lowest BCUT2D eigenvalue weighted by Gasteiger charge is -2.35. The standard InChI is InChI=1S/C21H19ClFN5/c1-10-18(14-7-12(22)8-16-13(14)5-6-24-16)15(23)9-17-19(10)28-11(2)26-27-20(28)21(3,4)25-17/h5-9,24-25H,1-4H3. The number of H-pyrrole nitrogens is 1. The van der Waals surface area contributed by atoms with E-state index >= 15 is 4.39 Å². The molecule has 0 spiro atoms. The molecule has 0 amide bonds. The van der Waals surface area contributed by atoms with E-state index in [9.17, 15) is 0 Å². The average molecular weight is 396 g/mol. The number of aryl methyl sites for hydroxylation is 1. The molecule has 1 aliphatic heterocycles. The minimum absolute atomic E-state index is 0.293. The van der Waals surface area contributed by atoms with Gasteiger partial charge in [-0.3, -0.25) is 4.57 Å². The van der Waals surface area contributed by atoms with E-state index in [-0.39, 0.29) is 5.82 Å². The Balaban J connectivity index is 1.87. The van der Waals surface area contributed by atoms with Crippen LogP contribution in [-0.2, 0) is 5.54 Å². The second kappa shape index (κ2) is 5.58. The molecule has 5 nitrogen and oxygen atoms in total. The third-order valence-electron chi connectivity index (χ3n) is 5.45. The van der Waals surface area contributed by atoms with E-state index in [2.05, 4.69) is 20.5 Å². The molecule has 28 heavy (non-hydrogen) atoms. The number of hydrogen-bond donors (Lipinski definition) is 2. The molecular weight excluding hydrogens is 377 g/mol. The first kappa shape index (κ1) is 17.3. The minimum atomic E-state index is -0.460. The summed E-state index contributed by atoms with van der Waals surface area (Å²) in [5.74, 6) is 1.28. The number of hydrogen-bond acceptors (Lipinski definition) is 3. The van der Waals surface area contributed by atoms with Crippen molar-refractivity contribution in [2.45, 2.75) is 33.2 Å². The molecule has 7 heteroatoms. The van der Waals surface area contributed by atoms with Crippen LogP contribution in [0.5, 0.6) is 0 Å². The molecule has 2 aromatic carbocycles. The maximum atomic E-state index is 15.4. The minimum Gasteiger partial charge on any atom is -0.371 e. The molecule has 2 N–H and O–H groups in total. The first-order valence-electron chi connectivity index (χ1n) is 9.09. The van der Waals surface area contributed by atoms with Crippen molar-refractivity contribution in [3.8, 4) is 16.8 Å². The second-order valence-corrected chi connectivity index (χ2v) is 8.24. The Morgan fingerprint density at radius 3 is 2.71 bits per heavy atom. The van der Waals surface area contributed by atoms with Crippen molar-refractivity contribution in [1.82, 2.24) is 19.7 Å². The average Bonchev–Trinajstić information content (AvgIpc) is 3.21. The Labute approximate surface area is 166 Å². The van der Waals surface area contributed by atoms with E-state index in [1.807, 2.05) is 56.7 Å². The SMILES string of the molecule is Cc1c(-c2cc(Cl)cc3[nH]ccc23)c(F)cc2c1-n1c(C)nnc1C(C)(C)N2. The third-order valence-corrected chi connectivity index (χ3v) is 5.67. The highest BCUT2D eigenvalue weighted by Crippen LogP contribution is 2.44. The molecule has 142 valence electrons. The van der Waals surface area contributed by atoms with Crippen LogP contribution >= 0.6 is 11.6 Å². The number of halogens is 2. The van der Waals surface area contributed by atoms with Gasteiger partial charge in [0.1, 0.15) is 11.6 Å². The van der Waals surface area contributed by atoms with Crippen LogP contribution in [0, 0.1) is 19.7 Å². The fourth-order valence-corrected chi connectivity index (χ4v) is 4.46. The summed E-state index contributed by atoms with van der Waals surface area (Å²) in [7, 11) is 0. The van der Waals surface area contributed by atoms with Crippen LogP contribution in [0.1, 0.15) is 31.1 Å². The topological polar surface area (TPSA) is 58.5 Å². The summed E-state index contributed by atoms with van der Waals surface area (Å²) >= 11 is 6.32. The van der Waals surface area contributed by atoms with E-state index < -0.39 is 5.54 Å². The smallest absolute Gasteiger partial charge is 0.162 e. The van der Waals surface area contributed by atoms with Crippen LogP contribution < -0.4 is 5.32 Å². The number of aromatic nitrogens is 4. The summed E-state index contributed by atoms with van der Waals surface area (Å²) in [5, 5.41) is 13.5. The number of aromatic amines is 1. The number of nitrogens with one attached hydrogen (secondary N) is 2. The Hall–Kier alpha value is -2.86. The van der Waals surface area contributed by atoms with Crippen molar-refractivity contribution in [2.75, 3.05) is 5.32 Å². The lowest BCUT2D eigenvalue weighted by molar-refractivity contribution is 0.532. The molecule has 0 radical (unpaired) electrons. The zero-order chi connectivity index (χ0) is 19.8. The molecule has 0 atom stereocenters. The zero-order valence-electron chi connectivity index (χ0n) is 16.0. The lowest BCUT2D eigenvalue weighted by atomic mass is 9.92. The summed E-state index contributed by atoms with van der Waals surface area (Å²) in [5.41, 5.74) is 4.12. The molecule has 4 aromatic rings. The van der Waals surface area contributed by atoms with Gasteiger partial charge in [0.15, 0.2) is 5.82 Å². The van der Waals surface area contributed by atoms with Gasteiger partial charge in [-0.1, -0.05) is 11.6 Å². The molecule has 0 fully saturated rings. The van der Waals surface area contributed by atoms with Crippen LogP contribution in [0.3, 0.4) is 0 Å². The van der Waals surface area contributed by atoms with Crippen LogP contribution in [0.25, 0.3) is 27.7 Å². The van der Waals surface area contributed by atoms with Crippen molar-refractivity contribution >= 4 is 28.2 Å². The summed E-state index contributed by atoms with van der Waals surface area (Å²) < 4.78 is 17.4. The van der Waals surface area contributed by atoms with Gasteiger partial charge in [-0.25, -0.2) is 4.39 Å². The summed E-state index contributed by atoms with van der Waals surface area (Å²) in [4.78, 5) is 3.16. The van der Waals surface area contributed by atoms with Crippen LogP contribution in [0.2, 0.25) is 5.02 Å². The highest BCUT2D eigenvalue weighted by Gasteiger charge is 2.36. The Morgan fingerprint density at radius 1 is 1.14 bits per heavy atom. The molecule has 0 saturated carbocycles. The van der Waals surface area contributed by atoms with Crippen molar-refractivity contribution in [1.29, 1.82) is 0 Å². The van der Waals surface area contributed by atoms with Gasteiger partial charge in [0.2, 0.25) is 0 Å². The van der Waals surface area contributed by atoms with Crippen molar-refractivity contribution in [3.63, 3.8) is 0 Å². The van der Waals surface area contributed by atoms with Gasteiger partial charge in [0.05, 0.1) is 16.9 Å². The Kier molecular flexibility index (Phi) is 3.44. The normalized spacial score (nSPS) is 14.6. The monoisotopic (exact) mass is 395 g/mol. The number of benzene rings is 2. The summed E-state index contributed by atoms with van der Waals surface area (Å²) in [6.45, 7) is 7.86. The van der Waals surface area contributed by atoms with Crippen molar-refractivity contribution in [2.24, 2.45) is 0 Å². The highest BCUT2D eigenvalue weighted by atomic mass is 35.5. The van der Waals surface area contributed by atoms with Crippen molar-refractivity contribution in [3.05, 3.63) is 58.5 Å². The van der Waals surface area contributed by atoms with Crippen molar-refractivity contribution < 1.29 is 4.39 Å². The first-order chi connectivity index (χ1) is 13.3. The Bertz CT molecular complexity index is 1270. The molecule has 0 bridgehead atoms. The van der Waals surface area contributed by atoms with Crippen LogP contribution in [0.15, 0.2) is 30.5 Å². The zero-order valence-corrected chi connectivity index (χ0v) is 16.7. The van der Waals surface area contributed by atoms with Gasteiger partial charge in [-0.05, 0) is 63.1 Å². The third kappa shape index (κ3) is 2.24. The first-order valence-corrected chi connectivity index (χ1v) is 9.47. The lowest BCUT2D eigenvalue weighted by Crippen LogP contribution is -2.36. The largest absolute Gasteiger partial charge is 0.371 e. The number of rotatable bonds is 1. The molecule has 0 unspecified atom stereocenters. The summed E-state index contributed by atoms with van der Waals surface area (Å²) in [6, 6.07) is 7.16. The highest BCUT2D eigenvalue weighted by molar-refractivity contribution is 6.32. The quantitative estimate of drug-likeness (QED) is 0.448. The number of nitrogens with zero attached hydrogens (tertiary/aromatic N) is 3. The van der Waals surface area contributed by atoms with E-state index in [0.717, 1.165) is 45.1 Å². The molecular formula is C21H19ClFN5. The molecule has 2 aromatic heterocycles. The van der Waals surface area contributed by atoms with Gasteiger partial charge in [0, 0.05) is 27.7 Å².